The van der Waals surface area contributed by atoms with E-state index in [1.165, 1.54) is 218 Å². The van der Waals surface area contributed by atoms with Gasteiger partial charge in [-0.1, -0.05) is 231 Å². The molecule has 0 radical (unpaired) electrons. The van der Waals surface area contributed by atoms with Crippen molar-refractivity contribution >= 4 is 11.9 Å². The molecule has 5 heteroatoms. The van der Waals surface area contributed by atoms with Crippen molar-refractivity contribution in [3.8, 4) is 0 Å². The van der Waals surface area contributed by atoms with Crippen LogP contribution in [0.25, 0.3) is 0 Å². The zero-order valence-corrected chi connectivity index (χ0v) is 43.3. The van der Waals surface area contributed by atoms with Crippen molar-refractivity contribution in [3.63, 3.8) is 0 Å². The van der Waals surface area contributed by atoms with Gasteiger partial charge in [0.2, 0.25) is 0 Å². The number of allylic oxidation sites excluding steroid dienone is 6. The van der Waals surface area contributed by atoms with Crippen LogP contribution in [0.3, 0.4) is 0 Å². The summed E-state index contributed by atoms with van der Waals surface area (Å²) in [7, 11) is 0. The van der Waals surface area contributed by atoms with Crippen molar-refractivity contribution in [1.82, 2.24) is 0 Å². The number of esters is 2. The molecule has 0 saturated carbocycles. The molecule has 0 N–H and O–H groups in total. The highest BCUT2D eigenvalue weighted by Gasteiger charge is 2.17. The van der Waals surface area contributed by atoms with Crippen molar-refractivity contribution in [3.05, 3.63) is 36.5 Å². The van der Waals surface area contributed by atoms with E-state index in [4.69, 9.17) is 14.2 Å². The molecule has 0 aliphatic heterocycles. The maximum absolute atomic E-state index is 12.8. The minimum absolute atomic E-state index is 0.0811. The van der Waals surface area contributed by atoms with Crippen LogP contribution >= 0.6 is 0 Å². The maximum Gasteiger partial charge on any atom is 0.306 e. The third kappa shape index (κ3) is 52.7. The lowest BCUT2D eigenvalue weighted by Gasteiger charge is -2.18. The first kappa shape index (κ1) is 62.1. The number of unbranched alkanes of at least 4 members (excludes halogenated alkanes) is 36. The van der Waals surface area contributed by atoms with E-state index in [9.17, 15) is 9.59 Å². The lowest BCUT2D eigenvalue weighted by atomic mass is 10.1. The molecule has 0 aromatic rings. The van der Waals surface area contributed by atoms with E-state index in [-0.39, 0.29) is 25.2 Å². The fourth-order valence-electron chi connectivity index (χ4n) is 8.32. The van der Waals surface area contributed by atoms with Gasteiger partial charge in [-0.05, 0) is 96.3 Å². The lowest BCUT2D eigenvalue weighted by Crippen LogP contribution is -2.30. The molecular formula is C59H110O5. The number of hydrogen-bond donors (Lipinski definition) is 0. The summed E-state index contributed by atoms with van der Waals surface area (Å²) < 4.78 is 17.5. The Kier molecular flexibility index (Phi) is 53.8. The van der Waals surface area contributed by atoms with Crippen LogP contribution < -0.4 is 0 Å². The van der Waals surface area contributed by atoms with Crippen molar-refractivity contribution < 1.29 is 23.8 Å². The second kappa shape index (κ2) is 55.4. The molecule has 376 valence electrons. The summed E-state index contributed by atoms with van der Waals surface area (Å²) in [5, 5.41) is 0. The molecule has 0 rings (SSSR count). The first-order chi connectivity index (χ1) is 31.6. The van der Waals surface area contributed by atoms with E-state index < -0.39 is 6.10 Å². The Bertz CT molecular complexity index is 1020. The number of carbonyl (C=O) groups excluding carboxylic acids is 2. The first-order valence-electron chi connectivity index (χ1n) is 28.5. The summed E-state index contributed by atoms with van der Waals surface area (Å²) >= 11 is 0. The van der Waals surface area contributed by atoms with Crippen molar-refractivity contribution in [2.24, 2.45) is 0 Å². The second-order valence-corrected chi connectivity index (χ2v) is 19.2. The monoisotopic (exact) mass is 899 g/mol. The zero-order chi connectivity index (χ0) is 46.3. The molecule has 0 amide bonds. The number of hydrogen-bond acceptors (Lipinski definition) is 5. The third-order valence-corrected chi connectivity index (χ3v) is 12.6. The highest BCUT2D eigenvalue weighted by atomic mass is 16.6. The molecule has 0 aromatic carbocycles. The van der Waals surface area contributed by atoms with Crippen LogP contribution in [0.2, 0.25) is 0 Å². The number of ether oxygens (including phenoxy) is 3. The van der Waals surface area contributed by atoms with E-state index >= 15 is 0 Å². The topological polar surface area (TPSA) is 61.8 Å². The second-order valence-electron chi connectivity index (χ2n) is 19.2. The molecule has 0 aromatic heterocycles. The lowest BCUT2D eigenvalue weighted by molar-refractivity contribution is -0.163. The van der Waals surface area contributed by atoms with Gasteiger partial charge in [-0.3, -0.25) is 9.59 Å². The molecule has 1 unspecified atom stereocenters. The van der Waals surface area contributed by atoms with E-state index in [0.29, 0.717) is 19.4 Å². The average Bonchev–Trinajstić information content (AvgIpc) is 3.30. The van der Waals surface area contributed by atoms with Gasteiger partial charge >= 0.3 is 11.9 Å². The van der Waals surface area contributed by atoms with Crippen LogP contribution in [0.1, 0.15) is 303 Å². The van der Waals surface area contributed by atoms with Crippen LogP contribution in [-0.4, -0.2) is 37.9 Å². The Balaban J connectivity index is 4.26. The summed E-state index contributed by atoms with van der Waals surface area (Å²) in [5.74, 6) is -0.400. The molecule has 0 fully saturated rings. The quantitative estimate of drug-likeness (QED) is 0.0346. The summed E-state index contributed by atoms with van der Waals surface area (Å²) in [5.41, 5.74) is 0. The van der Waals surface area contributed by atoms with Crippen LogP contribution in [0.4, 0.5) is 0 Å². The third-order valence-electron chi connectivity index (χ3n) is 12.6. The molecule has 64 heavy (non-hydrogen) atoms. The fourth-order valence-corrected chi connectivity index (χ4v) is 8.32. The molecule has 0 saturated heterocycles. The predicted molar refractivity (Wildman–Crippen MR) is 279 cm³/mol. The highest BCUT2D eigenvalue weighted by molar-refractivity contribution is 5.70. The minimum Gasteiger partial charge on any atom is -0.462 e. The summed E-state index contributed by atoms with van der Waals surface area (Å²) in [6.45, 7) is 7.84. The van der Waals surface area contributed by atoms with Crippen LogP contribution in [-0.2, 0) is 23.8 Å². The normalized spacial score (nSPS) is 12.4. The van der Waals surface area contributed by atoms with Crippen LogP contribution in [0.5, 0.6) is 0 Å². The minimum atomic E-state index is -0.543. The number of rotatable bonds is 53. The Morgan fingerprint density at radius 1 is 0.328 bits per heavy atom. The van der Waals surface area contributed by atoms with Gasteiger partial charge < -0.3 is 14.2 Å². The largest absolute Gasteiger partial charge is 0.462 e. The van der Waals surface area contributed by atoms with Gasteiger partial charge in [-0.2, -0.15) is 0 Å². The highest BCUT2D eigenvalue weighted by Crippen LogP contribution is 2.15. The predicted octanol–water partition coefficient (Wildman–Crippen LogP) is 19.4. The molecule has 0 spiro atoms. The van der Waals surface area contributed by atoms with Gasteiger partial charge in [-0.15, -0.1) is 0 Å². The van der Waals surface area contributed by atoms with E-state index in [2.05, 4.69) is 57.2 Å². The molecular weight excluding hydrogens is 789 g/mol. The Hall–Kier alpha value is -1.88. The first-order valence-corrected chi connectivity index (χ1v) is 28.5. The summed E-state index contributed by atoms with van der Waals surface area (Å²) in [6, 6.07) is 0. The fraction of sp³-hybridized carbons (Fsp3) is 0.864. The number of carbonyl (C=O) groups is 2. The molecule has 0 bridgehead atoms. The summed E-state index contributed by atoms with van der Waals surface area (Å²) in [6.07, 6.45) is 67.3. The van der Waals surface area contributed by atoms with Crippen molar-refractivity contribution in [2.75, 3.05) is 19.8 Å². The summed E-state index contributed by atoms with van der Waals surface area (Å²) in [4.78, 5) is 25.5. The van der Waals surface area contributed by atoms with Gasteiger partial charge in [0.25, 0.3) is 0 Å². The molecule has 0 aliphatic carbocycles. The zero-order valence-electron chi connectivity index (χ0n) is 43.3. The van der Waals surface area contributed by atoms with E-state index in [1.807, 2.05) is 0 Å². The molecule has 5 nitrogen and oxygen atoms in total. The van der Waals surface area contributed by atoms with Gasteiger partial charge in [0.05, 0.1) is 6.61 Å². The van der Waals surface area contributed by atoms with Gasteiger partial charge in [0.15, 0.2) is 6.10 Å². The van der Waals surface area contributed by atoms with Crippen molar-refractivity contribution in [2.45, 2.75) is 309 Å². The van der Waals surface area contributed by atoms with Crippen LogP contribution in [0, 0.1) is 0 Å². The Labute approximate surface area is 400 Å². The van der Waals surface area contributed by atoms with Gasteiger partial charge in [0, 0.05) is 19.4 Å². The van der Waals surface area contributed by atoms with E-state index in [0.717, 1.165) is 51.4 Å². The Morgan fingerprint density at radius 3 is 0.953 bits per heavy atom. The van der Waals surface area contributed by atoms with Gasteiger partial charge in [0.1, 0.15) is 6.61 Å². The van der Waals surface area contributed by atoms with Crippen molar-refractivity contribution in [1.29, 1.82) is 0 Å². The van der Waals surface area contributed by atoms with E-state index in [1.54, 1.807) is 0 Å². The molecule has 0 heterocycles. The Morgan fingerprint density at radius 2 is 0.609 bits per heavy atom. The molecule has 0 aliphatic rings. The SMILES string of the molecule is CCCCCCCC/C=C\CCCCCCCCCC(=O)OCC(COCCCCCCCC/C=C\CCCCCCCC)OC(=O)CCCCCCC/C=C\CCCCCCCC. The maximum atomic E-state index is 12.8. The average molecular weight is 900 g/mol. The van der Waals surface area contributed by atoms with Crippen LogP contribution in [0.15, 0.2) is 36.5 Å². The standard InChI is InChI=1S/C59H110O5/c1-4-7-10-13-16-19-22-25-28-30-32-34-37-40-43-46-49-52-58(60)63-56-57(55-62-54-51-48-45-42-39-36-33-29-26-23-20-17-14-11-8-5-2)64-59(61)53-50-47-44-41-38-35-31-27-24-21-18-15-12-9-6-3/h25-29,31,57H,4-24,30,32-56H2,1-3H3/b28-25-,29-26-,31-27-. The smallest absolute Gasteiger partial charge is 0.306 e. The van der Waals surface area contributed by atoms with Gasteiger partial charge in [-0.25, -0.2) is 0 Å². The molecule has 1 atom stereocenters.